The minimum atomic E-state index is -5.74. The first-order chi connectivity index (χ1) is 14.1. The number of nitrogens with zero attached hydrogens (tertiary/aromatic N) is 1. The lowest BCUT2D eigenvalue weighted by Crippen LogP contribution is -2.47. The lowest BCUT2D eigenvalue weighted by atomic mass is 10.1. The molecule has 3 unspecified atom stereocenters. The summed E-state index contributed by atoms with van der Waals surface area (Å²) in [5.41, 5.74) is 0. The molecule has 0 spiro atoms. The van der Waals surface area contributed by atoms with Crippen molar-refractivity contribution in [3.05, 3.63) is 12.0 Å². The molecule has 1 fully saturated rings. The average Bonchev–Trinajstić information content (AvgIpc) is 2.85. The van der Waals surface area contributed by atoms with E-state index in [9.17, 15) is 38.4 Å². The second-order valence-corrected chi connectivity index (χ2v) is 10.5. The van der Waals surface area contributed by atoms with E-state index in [1.165, 1.54) is 0 Å². The molecule has 1 amide bonds. The van der Waals surface area contributed by atoms with Crippen molar-refractivity contribution in [1.29, 1.82) is 0 Å². The number of ketones is 1. The second-order valence-electron chi connectivity index (χ2n) is 6.03. The normalized spacial score (nSPS) is 31.2. The van der Waals surface area contributed by atoms with Crippen molar-refractivity contribution in [2.75, 3.05) is 13.7 Å². The van der Waals surface area contributed by atoms with Crippen molar-refractivity contribution >= 4 is 35.2 Å². The average molecular weight is 513 g/mol. The minimum absolute atomic E-state index is 0.235. The van der Waals surface area contributed by atoms with Crippen molar-refractivity contribution in [3.63, 3.8) is 0 Å². The summed E-state index contributed by atoms with van der Waals surface area (Å²) in [6.07, 6.45) is -6.42. The highest BCUT2D eigenvalue weighted by Gasteiger charge is 2.49. The molecular formula is C11H18NO16P3. The van der Waals surface area contributed by atoms with Crippen LogP contribution in [0.25, 0.3) is 0 Å². The molecule has 0 radical (unpaired) electrons. The summed E-state index contributed by atoms with van der Waals surface area (Å²) in [7, 11) is -15.7. The molecule has 0 saturated carbocycles. The van der Waals surface area contributed by atoms with Gasteiger partial charge < -0.3 is 39.3 Å². The van der Waals surface area contributed by atoms with Crippen molar-refractivity contribution in [1.82, 2.24) is 4.90 Å². The Bertz CT molecular complexity index is 897. The Kier molecular flexibility index (Phi) is 7.99. The highest BCUT2D eigenvalue weighted by atomic mass is 31.3. The van der Waals surface area contributed by atoms with Gasteiger partial charge in [-0.15, -0.1) is 0 Å². The topological polar surface area (TPSA) is 256 Å². The van der Waals surface area contributed by atoms with E-state index < -0.39 is 72.7 Å². The van der Waals surface area contributed by atoms with E-state index in [0.29, 0.717) is 0 Å². The van der Waals surface area contributed by atoms with Crippen LogP contribution in [0.2, 0.25) is 0 Å². The number of phosphoric acid groups is 3. The zero-order valence-electron chi connectivity index (χ0n) is 15.4. The van der Waals surface area contributed by atoms with E-state index in [-0.39, 0.29) is 5.76 Å². The van der Waals surface area contributed by atoms with Crippen LogP contribution in [0.1, 0.15) is 6.42 Å². The number of ether oxygens (including phenoxy) is 2. The number of hydrogen-bond donors (Lipinski definition) is 6. The van der Waals surface area contributed by atoms with Gasteiger partial charge >= 0.3 is 23.5 Å². The molecule has 0 aromatic heterocycles. The summed E-state index contributed by atoms with van der Waals surface area (Å²) < 4.78 is 55.0. The highest BCUT2D eigenvalue weighted by molar-refractivity contribution is 7.66. The lowest BCUT2D eigenvalue weighted by Gasteiger charge is -2.30. The fourth-order valence-corrected chi connectivity index (χ4v) is 5.57. The van der Waals surface area contributed by atoms with Crippen molar-refractivity contribution in [2.24, 2.45) is 0 Å². The summed E-state index contributed by atoms with van der Waals surface area (Å²) in [4.78, 5) is 59.9. The van der Waals surface area contributed by atoms with Gasteiger partial charge in [0.2, 0.25) is 11.7 Å². The Morgan fingerprint density at radius 3 is 2.23 bits per heavy atom. The Hall–Kier alpha value is -1.03. The van der Waals surface area contributed by atoms with E-state index in [4.69, 9.17) is 24.2 Å². The number of methoxy groups -OCH3 is 1. The van der Waals surface area contributed by atoms with Gasteiger partial charge in [-0.1, -0.05) is 0 Å². The summed E-state index contributed by atoms with van der Waals surface area (Å²) >= 11 is 0. The number of carbonyl (C=O) groups is 2. The maximum Gasteiger partial charge on any atom is 0.490 e. The first-order valence-corrected chi connectivity index (χ1v) is 12.5. The maximum atomic E-state index is 12.1. The summed E-state index contributed by atoms with van der Waals surface area (Å²) in [6.45, 7) is -1.06. The van der Waals surface area contributed by atoms with Crippen LogP contribution < -0.4 is 0 Å². The van der Waals surface area contributed by atoms with Crippen LogP contribution in [0.15, 0.2) is 12.0 Å². The Balaban J connectivity index is 2.05. The molecule has 0 aliphatic carbocycles. The highest BCUT2D eigenvalue weighted by Crippen LogP contribution is 2.66. The number of aliphatic hydroxyl groups is 2. The molecule has 6 N–H and O–H groups in total. The smallest absolute Gasteiger partial charge is 0.490 e. The minimum Gasteiger partial charge on any atom is -0.492 e. The fraction of sp³-hybridized carbons (Fsp3) is 0.636. The largest absolute Gasteiger partial charge is 0.492 e. The Morgan fingerprint density at radius 2 is 1.68 bits per heavy atom. The van der Waals surface area contributed by atoms with E-state index in [1.807, 2.05) is 0 Å². The molecule has 2 aliphatic rings. The van der Waals surface area contributed by atoms with Crippen LogP contribution in [0.3, 0.4) is 0 Å². The number of amides is 1. The quantitative estimate of drug-likeness (QED) is 0.145. The molecule has 0 aromatic carbocycles. The van der Waals surface area contributed by atoms with Gasteiger partial charge in [-0.3, -0.25) is 19.0 Å². The predicted molar refractivity (Wildman–Crippen MR) is 92.1 cm³/mol. The number of hydrogen-bond acceptors (Lipinski definition) is 12. The Labute approximate surface area is 173 Å². The van der Waals surface area contributed by atoms with Crippen LogP contribution in [-0.2, 0) is 45.9 Å². The van der Waals surface area contributed by atoms with E-state index >= 15 is 0 Å². The number of allylic oxidation sites excluding steroid dienone is 1. The monoisotopic (exact) mass is 513 g/mol. The third kappa shape index (κ3) is 6.97. The second kappa shape index (κ2) is 9.45. The summed E-state index contributed by atoms with van der Waals surface area (Å²) in [5.74, 6) is -1.68. The number of carbonyl (C=O) groups excluding carboxylic acids is 2. The molecule has 2 rings (SSSR count). The molecule has 0 bridgehead atoms. The van der Waals surface area contributed by atoms with E-state index in [2.05, 4.69) is 13.1 Å². The first-order valence-electron chi connectivity index (χ1n) is 7.95. The van der Waals surface area contributed by atoms with Gasteiger partial charge in [0.1, 0.15) is 18.3 Å². The van der Waals surface area contributed by atoms with Gasteiger partial charge in [0.05, 0.1) is 26.3 Å². The van der Waals surface area contributed by atoms with Gasteiger partial charge in [-0.2, -0.15) is 8.62 Å². The third-order valence-corrected chi connectivity index (χ3v) is 7.58. The molecule has 0 aromatic rings. The van der Waals surface area contributed by atoms with Crippen LogP contribution in [0.5, 0.6) is 0 Å². The number of Topliss-reactive ketones (excluding diaryl/α,β-unsaturated/α-hetero) is 1. The van der Waals surface area contributed by atoms with Crippen molar-refractivity contribution in [2.45, 2.75) is 31.0 Å². The molecule has 2 aliphatic heterocycles. The zero-order valence-corrected chi connectivity index (χ0v) is 18.0. The summed E-state index contributed by atoms with van der Waals surface area (Å²) in [5, 5.41) is 20.2. The van der Waals surface area contributed by atoms with Gasteiger partial charge in [0.15, 0.2) is 12.0 Å². The zero-order chi connectivity index (χ0) is 23.8. The third-order valence-electron chi connectivity index (χ3n) is 3.78. The number of aliphatic hydroxyl groups excluding tert-OH is 2. The maximum absolute atomic E-state index is 12.1. The van der Waals surface area contributed by atoms with E-state index in [0.717, 1.165) is 18.2 Å². The standard InChI is InChI=1S/C11H18NO16P3/c1-24-6-3-12(8(14)2-5(6)13)11-10(16)9(15)7(26-11)4-25-30(20,21)28-31(22,23)27-29(17,18)19/h3,7,9-11,15-16H,2,4H2,1H3,(H,20,21)(H,22,23)(H2,17,18,19)/t7-,9?,10+,11-/m1/s1. The van der Waals surface area contributed by atoms with Gasteiger partial charge in [0.25, 0.3) is 0 Å². The summed E-state index contributed by atoms with van der Waals surface area (Å²) in [6, 6.07) is 0. The molecule has 6 atom stereocenters. The van der Waals surface area contributed by atoms with E-state index in [1.54, 1.807) is 0 Å². The van der Waals surface area contributed by atoms with Gasteiger partial charge in [-0.05, 0) is 0 Å². The molecular weight excluding hydrogens is 495 g/mol. The molecule has 1 saturated heterocycles. The van der Waals surface area contributed by atoms with Gasteiger partial charge in [-0.25, -0.2) is 13.7 Å². The van der Waals surface area contributed by atoms with Crippen molar-refractivity contribution < 1.29 is 75.7 Å². The Morgan fingerprint density at radius 1 is 1.06 bits per heavy atom. The molecule has 20 heteroatoms. The lowest BCUT2D eigenvalue weighted by molar-refractivity contribution is -0.150. The fourth-order valence-electron chi connectivity index (χ4n) is 2.54. The molecule has 178 valence electrons. The predicted octanol–water partition coefficient (Wildman–Crippen LogP) is -1.93. The van der Waals surface area contributed by atoms with Crippen LogP contribution >= 0.6 is 23.5 Å². The molecule has 17 nitrogen and oxygen atoms in total. The van der Waals surface area contributed by atoms with Crippen LogP contribution in [-0.4, -0.2) is 84.6 Å². The number of rotatable bonds is 9. The molecule has 2 heterocycles. The number of phosphoric ester groups is 1. The van der Waals surface area contributed by atoms with Crippen LogP contribution in [0.4, 0.5) is 0 Å². The SMILES string of the molecule is COC1=CN([C@@H]2O[C@H](COP(=O)(O)OP(=O)(O)OP(=O)(O)O)C(O)[C@@H]2O)C(=O)CC1=O. The van der Waals surface area contributed by atoms with Gasteiger partial charge in [0, 0.05) is 0 Å². The van der Waals surface area contributed by atoms with Crippen LogP contribution in [0, 0.1) is 0 Å². The molecule has 31 heavy (non-hydrogen) atoms. The first kappa shape index (κ1) is 26.2. The van der Waals surface area contributed by atoms with Crippen molar-refractivity contribution in [3.8, 4) is 0 Å².